The minimum absolute atomic E-state index is 0.357. The van der Waals surface area contributed by atoms with Gasteiger partial charge in [0.2, 0.25) is 0 Å². The topological polar surface area (TPSA) is 76.9 Å². The van der Waals surface area contributed by atoms with E-state index in [1.165, 1.54) is 11.8 Å². The molecule has 2 aromatic rings. The van der Waals surface area contributed by atoms with Crippen molar-refractivity contribution in [1.82, 2.24) is 9.78 Å². The first-order valence-corrected chi connectivity index (χ1v) is 6.99. The Balaban J connectivity index is 2.42. The molecule has 1 heterocycles. The fourth-order valence-corrected chi connectivity index (χ4v) is 2.22. The van der Waals surface area contributed by atoms with Crippen LogP contribution < -0.4 is 10.5 Å². The molecule has 2 N–H and O–H groups in total. The lowest BCUT2D eigenvalue weighted by Gasteiger charge is -2.06. The zero-order valence-electron chi connectivity index (χ0n) is 10.8. The van der Waals surface area contributed by atoms with Crippen LogP contribution in [-0.4, -0.2) is 22.6 Å². The molecule has 98 valence electrons. The predicted octanol–water partition coefficient (Wildman–Crippen LogP) is 2.45. The first-order valence-electron chi connectivity index (χ1n) is 5.77. The van der Waals surface area contributed by atoms with Gasteiger partial charge in [-0.1, -0.05) is 0 Å². The van der Waals surface area contributed by atoms with Crippen molar-refractivity contribution in [2.24, 2.45) is 0 Å². The van der Waals surface area contributed by atoms with Crippen LogP contribution in [0.4, 0.5) is 5.82 Å². The molecule has 5 nitrogen and oxygen atoms in total. The molecule has 0 unspecified atom stereocenters. The van der Waals surface area contributed by atoms with Crippen LogP contribution in [-0.2, 0) is 0 Å². The van der Waals surface area contributed by atoms with Gasteiger partial charge in [-0.25, -0.2) is 4.68 Å². The van der Waals surface area contributed by atoms with E-state index in [4.69, 9.17) is 15.7 Å². The van der Waals surface area contributed by atoms with Crippen molar-refractivity contribution in [1.29, 1.82) is 5.26 Å². The Hall–Kier alpha value is -2.13. The monoisotopic (exact) mass is 274 g/mol. The molecule has 19 heavy (non-hydrogen) atoms. The lowest BCUT2D eigenvalue weighted by molar-refractivity contribution is 0.340. The smallest absolute Gasteiger partial charge is 0.146 e. The Morgan fingerprint density at radius 2 is 2.11 bits per heavy atom. The molecule has 0 atom stereocenters. The number of ether oxygens (including phenoxy) is 1. The number of hydrogen-bond acceptors (Lipinski definition) is 5. The number of nitrogen functional groups attached to an aromatic ring is 1. The lowest BCUT2D eigenvalue weighted by atomic mass is 10.3. The number of nitriles is 1. The molecule has 2 rings (SSSR count). The van der Waals surface area contributed by atoms with Gasteiger partial charge >= 0.3 is 0 Å². The van der Waals surface area contributed by atoms with Crippen molar-refractivity contribution < 1.29 is 4.74 Å². The molecule has 1 aromatic heterocycles. The van der Waals surface area contributed by atoms with Crippen LogP contribution in [0.15, 0.2) is 29.3 Å². The number of thioether (sulfide) groups is 1. The summed E-state index contributed by atoms with van der Waals surface area (Å²) in [6, 6.07) is 9.51. The van der Waals surface area contributed by atoms with Crippen LogP contribution in [0.5, 0.6) is 5.75 Å². The predicted molar refractivity (Wildman–Crippen MR) is 75.6 cm³/mol. The molecule has 0 aliphatic rings. The molecule has 0 saturated carbocycles. The van der Waals surface area contributed by atoms with Crippen LogP contribution in [0.1, 0.15) is 12.5 Å². The van der Waals surface area contributed by atoms with E-state index < -0.39 is 0 Å². The van der Waals surface area contributed by atoms with Crippen LogP contribution in [0.2, 0.25) is 0 Å². The number of aromatic nitrogens is 2. The summed E-state index contributed by atoms with van der Waals surface area (Å²) in [5.41, 5.74) is 7.17. The summed E-state index contributed by atoms with van der Waals surface area (Å²) >= 11 is 1.40. The Labute approximate surface area is 116 Å². The highest BCUT2D eigenvalue weighted by Gasteiger charge is 2.15. The molecular formula is C13H14N4OS. The third-order valence-corrected chi connectivity index (χ3v) is 3.26. The fraction of sp³-hybridized carbons (Fsp3) is 0.231. The third-order valence-electron chi connectivity index (χ3n) is 2.59. The summed E-state index contributed by atoms with van der Waals surface area (Å²) in [4.78, 5) is 0. The van der Waals surface area contributed by atoms with Gasteiger partial charge in [-0.15, -0.1) is 11.8 Å². The molecule has 0 aliphatic carbocycles. The summed E-state index contributed by atoms with van der Waals surface area (Å²) in [6.45, 7) is 2.56. The van der Waals surface area contributed by atoms with Crippen LogP contribution in [0.3, 0.4) is 0 Å². The second kappa shape index (κ2) is 5.67. The molecule has 1 aromatic carbocycles. The van der Waals surface area contributed by atoms with Crippen molar-refractivity contribution in [2.75, 3.05) is 18.6 Å². The van der Waals surface area contributed by atoms with Crippen molar-refractivity contribution in [3.8, 4) is 17.5 Å². The van der Waals surface area contributed by atoms with E-state index in [9.17, 15) is 0 Å². The summed E-state index contributed by atoms with van der Waals surface area (Å²) < 4.78 is 6.95. The second-order valence-electron chi connectivity index (χ2n) is 3.72. The van der Waals surface area contributed by atoms with Crippen molar-refractivity contribution in [3.05, 3.63) is 29.8 Å². The van der Waals surface area contributed by atoms with Gasteiger partial charge in [0, 0.05) is 0 Å². The molecule has 0 amide bonds. The Morgan fingerprint density at radius 3 is 2.58 bits per heavy atom. The van der Waals surface area contributed by atoms with Gasteiger partial charge in [0.1, 0.15) is 28.2 Å². The van der Waals surface area contributed by atoms with E-state index in [2.05, 4.69) is 11.2 Å². The number of benzene rings is 1. The maximum absolute atomic E-state index is 9.09. The third kappa shape index (κ3) is 2.51. The Kier molecular flexibility index (Phi) is 3.97. The fourth-order valence-electron chi connectivity index (χ4n) is 1.71. The molecular weight excluding hydrogens is 260 g/mol. The minimum atomic E-state index is 0.357. The normalized spacial score (nSPS) is 10.2. The van der Waals surface area contributed by atoms with Crippen molar-refractivity contribution >= 4 is 17.6 Å². The summed E-state index contributed by atoms with van der Waals surface area (Å²) in [5, 5.41) is 14.1. The zero-order chi connectivity index (χ0) is 13.8. The van der Waals surface area contributed by atoms with Crippen LogP contribution >= 0.6 is 11.8 Å². The van der Waals surface area contributed by atoms with Gasteiger partial charge in [-0.05, 0) is 37.4 Å². The first-order chi connectivity index (χ1) is 9.21. The average molecular weight is 274 g/mol. The molecule has 0 radical (unpaired) electrons. The van der Waals surface area contributed by atoms with Gasteiger partial charge in [0.15, 0.2) is 0 Å². The molecule has 0 aliphatic heterocycles. The van der Waals surface area contributed by atoms with E-state index in [-0.39, 0.29) is 0 Å². The standard InChI is InChI=1S/C13H14N4OS/c1-3-18-10-6-4-9(5-7-10)17-12(15)11(8-14)13(16-17)19-2/h4-7H,3,15H2,1-2H3. The molecule has 0 bridgehead atoms. The quantitative estimate of drug-likeness (QED) is 0.866. The van der Waals surface area contributed by atoms with E-state index in [0.29, 0.717) is 23.0 Å². The van der Waals surface area contributed by atoms with Gasteiger partial charge < -0.3 is 10.5 Å². The highest BCUT2D eigenvalue weighted by atomic mass is 32.2. The Morgan fingerprint density at radius 1 is 1.42 bits per heavy atom. The largest absolute Gasteiger partial charge is 0.494 e. The van der Waals surface area contributed by atoms with Crippen molar-refractivity contribution in [2.45, 2.75) is 11.9 Å². The number of anilines is 1. The summed E-state index contributed by atoms with van der Waals surface area (Å²) in [6.07, 6.45) is 1.87. The second-order valence-corrected chi connectivity index (χ2v) is 4.51. The lowest BCUT2D eigenvalue weighted by Crippen LogP contribution is -2.02. The van der Waals surface area contributed by atoms with Gasteiger partial charge in [-0.3, -0.25) is 0 Å². The molecule has 0 fully saturated rings. The van der Waals surface area contributed by atoms with Gasteiger partial charge in [0.05, 0.1) is 12.3 Å². The van der Waals surface area contributed by atoms with Gasteiger partial charge in [-0.2, -0.15) is 10.4 Å². The number of hydrogen-bond donors (Lipinski definition) is 1. The number of nitrogens with two attached hydrogens (primary N) is 1. The average Bonchev–Trinajstić information content (AvgIpc) is 2.76. The van der Waals surface area contributed by atoms with E-state index in [1.807, 2.05) is 37.4 Å². The summed E-state index contributed by atoms with van der Waals surface area (Å²) in [5.74, 6) is 1.15. The van der Waals surface area contributed by atoms with Crippen molar-refractivity contribution in [3.63, 3.8) is 0 Å². The summed E-state index contributed by atoms with van der Waals surface area (Å²) in [7, 11) is 0. The highest BCUT2D eigenvalue weighted by Crippen LogP contribution is 2.27. The van der Waals surface area contributed by atoms with Crippen LogP contribution in [0, 0.1) is 11.3 Å². The van der Waals surface area contributed by atoms with E-state index in [1.54, 1.807) is 4.68 Å². The molecule has 0 saturated heterocycles. The Bertz CT molecular complexity index is 613. The minimum Gasteiger partial charge on any atom is -0.494 e. The van der Waals surface area contributed by atoms with Gasteiger partial charge in [0.25, 0.3) is 0 Å². The van der Waals surface area contributed by atoms with E-state index in [0.717, 1.165) is 11.4 Å². The number of nitrogens with zero attached hydrogens (tertiary/aromatic N) is 3. The highest BCUT2D eigenvalue weighted by molar-refractivity contribution is 7.98. The first kappa shape index (κ1) is 13.3. The zero-order valence-corrected chi connectivity index (χ0v) is 11.6. The number of rotatable bonds is 4. The van der Waals surface area contributed by atoms with Crippen LogP contribution in [0.25, 0.3) is 5.69 Å². The van der Waals surface area contributed by atoms with E-state index >= 15 is 0 Å². The maximum atomic E-state index is 9.09. The SMILES string of the molecule is CCOc1ccc(-n2nc(SC)c(C#N)c2N)cc1. The molecule has 0 spiro atoms. The molecule has 6 heteroatoms. The maximum Gasteiger partial charge on any atom is 0.146 e.